The van der Waals surface area contributed by atoms with E-state index < -0.39 is 0 Å². The van der Waals surface area contributed by atoms with Crippen LogP contribution in [0.4, 0.5) is 0 Å². The molecule has 17 heavy (non-hydrogen) atoms. The molecule has 3 rings (SSSR count). The van der Waals surface area contributed by atoms with Gasteiger partial charge in [0.05, 0.1) is 11.5 Å². The van der Waals surface area contributed by atoms with E-state index in [-0.39, 0.29) is 13.4 Å². The van der Waals surface area contributed by atoms with Gasteiger partial charge in [0, 0.05) is 5.56 Å². The molecule has 0 amide bonds. The molecule has 0 fully saturated rings. The third-order valence-electron chi connectivity index (χ3n) is 2.41. The molecule has 0 saturated carbocycles. The molecule has 0 unspecified atom stereocenters. The number of hydrogen-bond donors (Lipinski definition) is 1. The summed E-state index contributed by atoms with van der Waals surface area (Å²) in [6.45, 7) is 0.153. The molecule has 0 saturated heterocycles. The van der Waals surface area contributed by atoms with E-state index in [1.807, 2.05) is 18.2 Å². The van der Waals surface area contributed by atoms with Gasteiger partial charge in [0.1, 0.15) is 10.2 Å². The zero-order valence-corrected chi connectivity index (χ0v) is 10.2. The lowest BCUT2D eigenvalue weighted by Crippen LogP contribution is -1.92. The molecule has 1 aromatic carbocycles. The van der Waals surface area contributed by atoms with Crippen molar-refractivity contribution in [2.75, 3.05) is 6.79 Å². The van der Waals surface area contributed by atoms with E-state index in [4.69, 9.17) is 26.2 Å². The highest BCUT2D eigenvalue weighted by atomic mass is 35.5. The third-order valence-corrected chi connectivity index (χ3v) is 3.93. The van der Waals surface area contributed by atoms with E-state index in [1.165, 1.54) is 11.3 Å². The summed E-state index contributed by atoms with van der Waals surface area (Å²) in [5.74, 6) is 1.44. The van der Waals surface area contributed by atoms with Gasteiger partial charge in [0.2, 0.25) is 6.79 Å². The molecule has 2 heterocycles. The number of hydrogen-bond acceptors (Lipinski definition) is 5. The van der Waals surface area contributed by atoms with Crippen molar-refractivity contribution >= 4 is 22.9 Å². The molecule has 2 aromatic rings. The van der Waals surface area contributed by atoms with Crippen molar-refractivity contribution in [3.05, 3.63) is 28.2 Å². The fraction of sp³-hybridized carbons (Fsp3) is 0.182. The van der Waals surface area contributed by atoms with Crippen LogP contribution in [-0.2, 0) is 6.61 Å². The van der Waals surface area contributed by atoms with Gasteiger partial charge in [0.25, 0.3) is 0 Å². The second-order valence-electron chi connectivity index (χ2n) is 3.46. The lowest BCUT2D eigenvalue weighted by Gasteiger charge is -1.98. The first-order chi connectivity index (χ1) is 8.28. The van der Waals surface area contributed by atoms with Crippen LogP contribution in [0.1, 0.15) is 4.88 Å². The number of aliphatic hydroxyl groups is 1. The van der Waals surface area contributed by atoms with Crippen molar-refractivity contribution in [3.8, 4) is 22.1 Å². The normalized spacial score (nSPS) is 13.1. The van der Waals surface area contributed by atoms with Gasteiger partial charge in [-0.3, -0.25) is 0 Å². The predicted molar refractivity (Wildman–Crippen MR) is 64.6 cm³/mol. The highest BCUT2D eigenvalue weighted by Gasteiger charge is 2.16. The average Bonchev–Trinajstić information content (AvgIpc) is 2.93. The Balaban J connectivity index is 2.03. The molecular formula is C11H8ClNO3S. The molecule has 1 aliphatic heterocycles. The number of halogens is 1. The first kappa shape index (κ1) is 10.8. The first-order valence-corrected chi connectivity index (χ1v) is 6.13. The predicted octanol–water partition coefficient (Wildman–Crippen LogP) is 2.68. The molecular weight excluding hydrogens is 262 g/mol. The molecule has 0 aliphatic carbocycles. The summed E-state index contributed by atoms with van der Waals surface area (Å²) < 4.78 is 10.5. The van der Waals surface area contributed by atoms with Gasteiger partial charge in [0.15, 0.2) is 11.5 Å². The van der Waals surface area contributed by atoms with Crippen LogP contribution in [0.15, 0.2) is 18.2 Å². The van der Waals surface area contributed by atoms with Gasteiger partial charge in [-0.15, -0.1) is 11.3 Å². The minimum atomic E-state index is -0.0962. The highest BCUT2D eigenvalue weighted by molar-refractivity contribution is 7.15. The summed E-state index contributed by atoms with van der Waals surface area (Å²) in [6, 6.07) is 5.59. The fourth-order valence-electron chi connectivity index (χ4n) is 1.58. The minimum absolute atomic E-state index is 0.0962. The number of benzene rings is 1. The maximum absolute atomic E-state index is 9.07. The topological polar surface area (TPSA) is 51.6 Å². The molecule has 4 nitrogen and oxygen atoms in total. The SMILES string of the molecule is OCc1sc(-c2ccc3c(c2)OCO3)nc1Cl. The fourth-order valence-corrected chi connectivity index (χ4v) is 2.70. The van der Waals surface area contributed by atoms with E-state index in [0.29, 0.717) is 15.8 Å². The molecule has 1 aromatic heterocycles. The number of fused-ring (bicyclic) bond motifs is 1. The van der Waals surface area contributed by atoms with Gasteiger partial charge in [-0.1, -0.05) is 11.6 Å². The largest absolute Gasteiger partial charge is 0.454 e. The van der Waals surface area contributed by atoms with Gasteiger partial charge < -0.3 is 14.6 Å². The van der Waals surface area contributed by atoms with Crippen LogP contribution in [0, 0.1) is 0 Å². The van der Waals surface area contributed by atoms with E-state index in [2.05, 4.69) is 4.98 Å². The van der Waals surface area contributed by atoms with Crippen LogP contribution in [0.25, 0.3) is 10.6 Å². The van der Waals surface area contributed by atoms with E-state index >= 15 is 0 Å². The molecule has 1 aliphatic rings. The Morgan fingerprint density at radius 3 is 2.94 bits per heavy atom. The summed E-state index contributed by atoms with van der Waals surface area (Å²) in [7, 11) is 0. The molecule has 0 radical (unpaired) electrons. The molecule has 88 valence electrons. The van der Waals surface area contributed by atoms with Gasteiger partial charge in [-0.25, -0.2) is 4.98 Å². The van der Waals surface area contributed by atoms with Gasteiger partial charge in [-0.05, 0) is 18.2 Å². The van der Waals surface area contributed by atoms with Crippen molar-refractivity contribution in [1.29, 1.82) is 0 Å². The van der Waals surface area contributed by atoms with Crippen LogP contribution < -0.4 is 9.47 Å². The molecule has 6 heteroatoms. The second-order valence-corrected chi connectivity index (χ2v) is 4.90. The molecule has 0 spiro atoms. The zero-order valence-electron chi connectivity index (χ0n) is 8.64. The first-order valence-electron chi connectivity index (χ1n) is 4.94. The van der Waals surface area contributed by atoms with Crippen molar-refractivity contribution in [2.24, 2.45) is 0 Å². The Bertz CT molecular complexity index is 570. The van der Waals surface area contributed by atoms with Crippen LogP contribution in [0.5, 0.6) is 11.5 Å². The van der Waals surface area contributed by atoms with E-state index in [9.17, 15) is 0 Å². The van der Waals surface area contributed by atoms with Crippen LogP contribution in [0.3, 0.4) is 0 Å². The molecule has 1 N–H and O–H groups in total. The Labute approximate surface area is 106 Å². The maximum atomic E-state index is 9.07. The van der Waals surface area contributed by atoms with Crippen molar-refractivity contribution in [2.45, 2.75) is 6.61 Å². The Morgan fingerprint density at radius 1 is 1.35 bits per heavy atom. The number of rotatable bonds is 2. The maximum Gasteiger partial charge on any atom is 0.231 e. The second kappa shape index (κ2) is 4.18. The van der Waals surface area contributed by atoms with E-state index in [1.54, 1.807) is 0 Å². The highest BCUT2D eigenvalue weighted by Crippen LogP contribution is 2.38. The van der Waals surface area contributed by atoms with Crippen LogP contribution >= 0.6 is 22.9 Å². The Morgan fingerprint density at radius 2 is 2.18 bits per heavy atom. The Hall–Kier alpha value is -1.30. The summed E-state index contributed by atoms with van der Waals surface area (Å²) in [6.07, 6.45) is 0. The smallest absolute Gasteiger partial charge is 0.231 e. The van der Waals surface area contributed by atoms with Crippen LogP contribution in [-0.4, -0.2) is 16.9 Å². The number of thiazole rings is 1. The van der Waals surface area contributed by atoms with E-state index in [0.717, 1.165) is 16.3 Å². The number of nitrogens with zero attached hydrogens (tertiary/aromatic N) is 1. The van der Waals surface area contributed by atoms with Crippen molar-refractivity contribution in [3.63, 3.8) is 0 Å². The molecule has 0 atom stereocenters. The average molecular weight is 270 g/mol. The van der Waals surface area contributed by atoms with Crippen molar-refractivity contribution < 1.29 is 14.6 Å². The number of aliphatic hydroxyl groups excluding tert-OH is 1. The lowest BCUT2D eigenvalue weighted by molar-refractivity contribution is 0.174. The standard InChI is InChI=1S/C11H8ClNO3S/c12-10-9(4-14)17-11(13-10)6-1-2-7-8(3-6)16-5-15-7/h1-3,14H,4-5H2. The summed E-state index contributed by atoms with van der Waals surface area (Å²) >= 11 is 7.26. The summed E-state index contributed by atoms with van der Waals surface area (Å²) in [5, 5.41) is 10.2. The third kappa shape index (κ3) is 1.86. The lowest BCUT2D eigenvalue weighted by atomic mass is 10.2. The van der Waals surface area contributed by atoms with Gasteiger partial charge >= 0.3 is 0 Å². The quantitative estimate of drug-likeness (QED) is 0.911. The van der Waals surface area contributed by atoms with Gasteiger partial charge in [-0.2, -0.15) is 0 Å². The van der Waals surface area contributed by atoms with Crippen LogP contribution in [0.2, 0.25) is 5.15 Å². The number of ether oxygens (including phenoxy) is 2. The monoisotopic (exact) mass is 269 g/mol. The zero-order chi connectivity index (χ0) is 11.8. The Kier molecular flexibility index (Phi) is 2.66. The summed E-state index contributed by atoms with van der Waals surface area (Å²) in [5.41, 5.74) is 0.904. The summed E-state index contributed by atoms with van der Waals surface area (Å²) in [4.78, 5) is 4.87. The number of aromatic nitrogens is 1. The molecule has 0 bridgehead atoms. The minimum Gasteiger partial charge on any atom is -0.454 e. The van der Waals surface area contributed by atoms with Crippen molar-refractivity contribution in [1.82, 2.24) is 4.98 Å².